The monoisotopic (exact) mass is 446 g/mol. The third-order valence-corrected chi connectivity index (χ3v) is 10.2. The molecule has 32 heavy (non-hydrogen) atoms. The van der Waals surface area contributed by atoms with Crippen molar-refractivity contribution in [2.45, 2.75) is 90.4 Å². The molecule has 0 aromatic carbocycles. The zero-order valence-electron chi connectivity index (χ0n) is 20.1. The SMILES string of the molecule is C=C1[C@@H]2CC[C@]3(O)[C@@](CC[C@@H]4[C@](C)(C(=O)OC)[C@@H](O)CC[C@]43C)(C2)[C@H]1OC(=O)/C(C)=C/C. The summed E-state index contributed by atoms with van der Waals surface area (Å²) in [5.41, 5.74) is -2.02. The molecular formula is C26H38O6. The molecular weight excluding hydrogens is 408 g/mol. The summed E-state index contributed by atoms with van der Waals surface area (Å²) in [6, 6.07) is 0. The number of aliphatic hydroxyl groups is 2. The number of fused-ring (bicyclic) bond motifs is 3. The predicted octanol–water partition coefficient (Wildman–Crippen LogP) is 3.70. The van der Waals surface area contributed by atoms with Crippen molar-refractivity contribution in [1.29, 1.82) is 0 Å². The fraction of sp³-hybridized carbons (Fsp3) is 0.769. The van der Waals surface area contributed by atoms with Crippen LogP contribution in [0.25, 0.3) is 0 Å². The number of hydrogen-bond donors (Lipinski definition) is 2. The van der Waals surface area contributed by atoms with Gasteiger partial charge in [0.1, 0.15) is 6.10 Å². The zero-order valence-corrected chi connectivity index (χ0v) is 20.1. The molecule has 0 amide bonds. The molecule has 4 fully saturated rings. The van der Waals surface area contributed by atoms with Gasteiger partial charge in [-0.15, -0.1) is 0 Å². The summed E-state index contributed by atoms with van der Waals surface area (Å²) in [4.78, 5) is 25.7. The van der Waals surface area contributed by atoms with E-state index in [1.54, 1.807) is 26.8 Å². The standard InChI is InChI=1S/C26H38O6/c1-7-15(2)21(28)32-20-16(3)17-8-13-26(30)23(4)11-10-19(27)24(5,22(29)31-6)18(23)9-12-25(20,26)14-17/h7,17-20,27,30H,3,8-14H2,1-2,4-6H3/b15-7+/t17-,18+,19+,20+,23-,24+,25+,26-/m1/s1. The third-order valence-electron chi connectivity index (χ3n) is 10.2. The number of aliphatic hydroxyl groups excluding tert-OH is 1. The summed E-state index contributed by atoms with van der Waals surface area (Å²) >= 11 is 0. The number of ether oxygens (including phenoxy) is 2. The van der Waals surface area contributed by atoms with E-state index < -0.39 is 40.0 Å². The van der Waals surface area contributed by atoms with Gasteiger partial charge in [-0.3, -0.25) is 4.79 Å². The number of methoxy groups -OCH3 is 1. The normalized spacial score (nSPS) is 48.0. The van der Waals surface area contributed by atoms with Gasteiger partial charge in [0.05, 0.1) is 24.2 Å². The number of allylic oxidation sites excluding steroid dienone is 1. The first-order valence-corrected chi connectivity index (χ1v) is 11.9. The Labute approximate surface area is 191 Å². The van der Waals surface area contributed by atoms with E-state index in [0.29, 0.717) is 37.7 Å². The summed E-state index contributed by atoms with van der Waals surface area (Å²) in [6.45, 7) is 11.7. The lowest BCUT2D eigenvalue weighted by molar-refractivity contribution is -0.289. The summed E-state index contributed by atoms with van der Waals surface area (Å²) in [5.74, 6) is -0.800. The smallest absolute Gasteiger partial charge is 0.333 e. The average Bonchev–Trinajstić information content (AvgIpc) is 3.00. The predicted molar refractivity (Wildman–Crippen MR) is 119 cm³/mol. The maximum absolute atomic E-state index is 12.9. The minimum absolute atomic E-state index is 0.223. The molecule has 0 heterocycles. The minimum atomic E-state index is -1.14. The molecule has 0 aromatic rings. The van der Waals surface area contributed by atoms with Gasteiger partial charge in [0.15, 0.2) is 0 Å². The van der Waals surface area contributed by atoms with Crippen LogP contribution in [0.5, 0.6) is 0 Å². The van der Waals surface area contributed by atoms with Crippen molar-refractivity contribution >= 4 is 11.9 Å². The maximum Gasteiger partial charge on any atom is 0.333 e. The van der Waals surface area contributed by atoms with Crippen molar-refractivity contribution in [2.24, 2.45) is 28.1 Å². The van der Waals surface area contributed by atoms with Gasteiger partial charge in [-0.25, -0.2) is 4.79 Å². The lowest BCUT2D eigenvalue weighted by Gasteiger charge is -2.68. The lowest BCUT2D eigenvalue weighted by Crippen LogP contribution is -2.72. The maximum atomic E-state index is 12.9. The van der Waals surface area contributed by atoms with E-state index in [1.807, 2.05) is 0 Å². The molecule has 8 atom stereocenters. The molecule has 4 aliphatic carbocycles. The number of rotatable bonds is 3. The highest BCUT2D eigenvalue weighted by atomic mass is 16.5. The van der Waals surface area contributed by atoms with E-state index in [2.05, 4.69) is 13.5 Å². The van der Waals surface area contributed by atoms with Crippen LogP contribution in [0.15, 0.2) is 23.8 Å². The molecule has 0 aromatic heterocycles. The minimum Gasteiger partial charge on any atom is -0.469 e. The molecule has 4 saturated carbocycles. The van der Waals surface area contributed by atoms with Crippen molar-refractivity contribution in [3.05, 3.63) is 23.8 Å². The Balaban J connectivity index is 1.80. The first-order chi connectivity index (χ1) is 14.9. The zero-order chi connectivity index (χ0) is 23.7. The Morgan fingerprint density at radius 2 is 1.84 bits per heavy atom. The molecule has 1 spiro atoms. The van der Waals surface area contributed by atoms with Crippen LogP contribution in [0.1, 0.15) is 72.6 Å². The second-order valence-electron chi connectivity index (χ2n) is 11.1. The Bertz CT molecular complexity index is 878. The van der Waals surface area contributed by atoms with Crippen molar-refractivity contribution in [3.8, 4) is 0 Å². The van der Waals surface area contributed by atoms with E-state index in [9.17, 15) is 19.8 Å². The van der Waals surface area contributed by atoms with Gasteiger partial charge in [-0.2, -0.15) is 0 Å². The Morgan fingerprint density at radius 1 is 1.16 bits per heavy atom. The van der Waals surface area contributed by atoms with E-state index in [4.69, 9.17) is 9.47 Å². The molecule has 6 nitrogen and oxygen atoms in total. The fourth-order valence-corrected chi connectivity index (χ4v) is 8.17. The highest BCUT2D eigenvalue weighted by Crippen LogP contribution is 2.74. The van der Waals surface area contributed by atoms with Crippen molar-refractivity contribution in [1.82, 2.24) is 0 Å². The Hall–Kier alpha value is -1.66. The van der Waals surface area contributed by atoms with Crippen LogP contribution < -0.4 is 0 Å². The summed E-state index contributed by atoms with van der Waals surface area (Å²) in [6.07, 6.45) is 4.78. The Morgan fingerprint density at radius 3 is 2.47 bits per heavy atom. The van der Waals surface area contributed by atoms with Crippen LogP contribution in [-0.2, 0) is 19.1 Å². The van der Waals surface area contributed by atoms with Crippen molar-refractivity contribution < 1.29 is 29.3 Å². The molecule has 4 rings (SSSR count). The van der Waals surface area contributed by atoms with E-state index in [1.165, 1.54) is 7.11 Å². The van der Waals surface area contributed by atoms with Gasteiger partial charge >= 0.3 is 11.9 Å². The molecule has 4 aliphatic rings. The third kappa shape index (κ3) is 2.65. The van der Waals surface area contributed by atoms with Crippen molar-refractivity contribution in [2.75, 3.05) is 7.11 Å². The molecule has 0 aliphatic heterocycles. The molecule has 0 saturated heterocycles. The topological polar surface area (TPSA) is 93.1 Å². The van der Waals surface area contributed by atoms with Gasteiger partial charge in [-0.05, 0) is 83.1 Å². The van der Waals surface area contributed by atoms with Gasteiger partial charge in [0.25, 0.3) is 0 Å². The van der Waals surface area contributed by atoms with Gasteiger partial charge in [0.2, 0.25) is 0 Å². The molecule has 2 N–H and O–H groups in total. The van der Waals surface area contributed by atoms with E-state index in [-0.39, 0.29) is 17.8 Å². The molecule has 0 unspecified atom stereocenters. The summed E-state index contributed by atoms with van der Waals surface area (Å²) in [7, 11) is 1.36. The average molecular weight is 447 g/mol. The highest BCUT2D eigenvalue weighted by molar-refractivity contribution is 5.88. The largest absolute Gasteiger partial charge is 0.469 e. The number of carbonyl (C=O) groups excluding carboxylic acids is 2. The number of carbonyl (C=O) groups is 2. The van der Waals surface area contributed by atoms with Gasteiger partial charge in [0, 0.05) is 16.4 Å². The summed E-state index contributed by atoms with van der Waals surface area (Å²) in [5, 5.41) is 23.5. The van der Waals surface area contributed by atoms with Crippen molar-refractivity contribution in [3.63, 3.8) is 0 Å². The van der Waals surface area contributed by atoms with Crippen LogP contribution in [0.4, 0.5) is 0 Å². The molecule has 6 heteroatoms. The second kappa shape index (κ2) is 7.42. The first-order valence-electron chi connectivity index (χ1n) is 11.9. The quantitative estimate of drug-likeness (QED) is 0.390. The first kappa shape index (κ1) is 23.5. The molecule has 2 bridgehead atoms. The number of esters is 2. The van der Waals surface area contributed by atoms with Crippen LogP contribution in [0, 0.1) is 28.1 Å². The van der Waals surface area contributed by atoms with E-state index >= 15 is 0 Å². The lowest BCUT2D eigenvalue weighted by atomic mass is 9.38. The van der Waals surface area contributed by atoms with Crippen LogP contribution in [0.2, 0.25) is 0 Å². The van der Waals surface area contributed by atoms with Gasteiger partial charge in [-0.1, -0.05) is 19.6 Å². The van der Waals surface area contributed by atoms with Crippen LogP contribution in [0.3, 0.4) is 0 Å². The van der Waals surface area contributed by atoms with Crippen LogP contribution in [-0.4, -0.2) is 47.1 Å². The number of hydrogen-bond acceptors (Lipinski definition) is 6. The molecule has 178 valence electrons. The Kier molecular flexibility index (Phi) is 5.45. The fourth-order valence-electron chi connectivity index (χ4n) is 8.17. The molecule has 0 radical (unpaired) electrons. The van der Waals surface area contributed by atoms with Crippen LogP contribution >= 0.6 is 0 Å². The second-order valence-corrected chi connectivity index (χ2v) is 11.1. The van der Waals surface area contributed by atoms with E-state index in [0.717, 1.165) is 18.4 Å². The highest BCUT2D eigenvalue weighted by Gasteiger charge is 2.76. The van der Waals surface area contributed by atoms with Gasteiger partial charge < -0.3 is 19.7 Å². The summed E-state index contributed by atoms with van der Waals surface area (Å²) < 4.78 is 11.2.